The van der Waals surface area contributed by atoms with Crippen molar-refractivity contribution >= 4 is 52.1 Å². The minimum Gasteiger partial charge on any atom is -0.396 e. The molecule has 0 aromatic carbocycles. The number of aliphatic hydroxyl groups is 1. The van der Waals surface area contributed by atoms with Gasteiger partial charge in [-0.25, -0.2) is 13.7 Å². The number of hydrogen-bond donors (Lipinski definition) is 7. The van der Waals surface area contributed by atoms with Crippen molar-refractivity contribution in [3.05, 3.63) is 22.6 Å². The summed E-state index contributed by atoms with van der Waals surface area (Å²) in [5.41, 5.74) is 5.14. The standard InChI is InChI=1S/C16H22ClN4O13P3/c1-3-5-16(17)10(7-22)11(8(2)32-36(27,28)34-37(29,30)33-35(24,25)26)31-14(16)21-6-4-9-12(21)19-15(18)20-13(9)23/h4,6,8,10-11,14,22H,7H2,1-2H3,(H,27,28)(H,29,30)(H2,24,25,26)(H3,18,19,20,23)/t8-,10?,11-,14-,16?/m1/s1. The Balaban J connectivity index is 1.97. The van der Waals surface area contributed by atoms with Crippen molar-refractivity contribution in [3.8, 4) is 11.8 Å². The van der Waals surface area contributed by atoms with E-state index in [1.165, 1.54) is 30.7 Å². The molecule has 0 aliphatic carbocycles. The Morgan fingerprint density at radius 2 is 1.95 bits per heavy atom. The maximum atomic E-state index is 12.3. The molecule has 0 radical (unpaired) electrons. The van der Waals surface area contributed by atoms with Gasteiger partial charge in [0, 0.05) is 12.1 Å². The minimum atomic E-state index is -5.77. The van der Waals surface area contributed by atoms with Gasteiger partial charge in [-0.15, -0.1) is 5.92 Å². The molecule has 0 amide bonds. The van der Waals surface area contributed by atoms with Crippen LogP contribution in [0, 0.1) is 17.8 Å². The monoisotopic (exact) mass is 606 g/mol. The highest BCUT2D eigenvalue weighted by Crippen LogP contribution is 2.67. The molecule has 2 aromatic rings. The molecule has 37 heavy (non-hydrogen) atoms. The highest BCUT2D eigenvalue weighted by atomic mass is 35.5. The Bertz CT molecular complexity index is 1450. The van der Waals surface area contributed by atoms with E-state index in [2.05, 4.69) is 30.4 Å². The van der Waals surface area contributed by atoms with E-state index in [1.807, 2.05) is 0 Å². The summed E-state index contributed by atoms with van der Waals surface area (Å²) in [6.07, 6.45) is -2.74. The van der Waals surface area contributed by atoms with Crippen LogP contribution in [0.2, 0.25) is 0 Å². The fourth-order valence-corrected chi connectivity index (χ4v) is 7.52. The fourth-order valence-electron chi connectivity index (χ4n) is 3.87. The minimum absolute atomic E-state index is 0.0482. The summed E-state index contributed by atoms with van der Waals surface area (Å²) < 4.78 is 54.3. The van der Waals surface area contributed by atoms with Gasteiger partial charge in [-0.2, -0.15) is 13.6 Å². The molecule has 206 valence electrons. The molecule has 0 saturated carbocycles. The third-order valence-electron chi connectivity index (χ3n) is 5.13. The summed E-state index contributed by atoms with van der Waals surface area (Å²) in [5, 5.41) is 10.3. The van der Waals surface area contributed by atoms with Crippen molar-refractivity contribution in [2.24, 2.45) is 5.92 Å². The third-order valence-corrected chi connectivity index (χ3v) is 9.61. The summed E-state index contributed by atoms with van der Waals surface area (Å²) in [6.45, 7) is 1.92. The number of hydrogen-bond acceptors (Lipinski definition) is 11. The van der Waals surface area contributed by atoms with E-state index < -0.39 is 64.9 Å². The number of nitrogens with two attached hydrogens (primary N) is 1. The van der Waals surface area contributed by atoms with Crippen LogP contribution in [-0.2, 0) is 31.6 Å². The van der Waals surface area contributed by atoms with Crippen molar-refractivity contribution < 1.29 is 56.3 Å². The SMILES string of the molecule is CC#CC1(Cl)C(CO)[C@@H]([C@@H](C)OP(=O)(O)OP(=O)(O)OP(=O)(O)O)O[C@H]1n1ccc2c(=O)[nH]c(N)nc21. The third kappa shape index (κ3) is 6.52. The highest BCUT2D eigenvalue weighted by molar-refractivity contribution is 7.66. The molecule has 1 aliphatic heterocycles. The van der Waals surface area contributed by atoms with Crippen LogP contribution >= 0.6 is 35.1 Å². The Morgan fingerprint density at radius 3 is 2.51 bits per heavy atom. The van der Waals surface area contributed by atoms with Gasteiger partial charge in [0.1, 0.15) is 0 Å². The van der Waals surface area contributed by atoms with Crippen molar-refractivity contribution in [1.29, 1.82) is 0 Å². The molecule has 7 atom stereocenters. The van der Waals surface area contributed by atoms with Crippen LogP contribution in [0.4, 0.5) is 5.95 Å². The topological polar surface area (TPSA) is 266 Å². The Hall–Kier alpha value is -1.60. The second-order valence-electron chi connectivity index (χ2n) is 7.70. The number of anilines is 1. The van der Waals surface area contributed by atoms with Gasteiger partial charge in [0.2, 0.25) is 5.95 Å². The number of halogens is 1. The molecule has 8 N–H and O–H groups in total. The number of phosphoric acid groups is 3. The smallest absolute Gasteiger partial charge is 0.396 e. The number of rotatable bonds is 9. The summed E-state index contributed by atoms with van der Waals surface area (Å²) in [4.78, 5) is 53.5. The molecule has 0 spiro atoms. The Kier molecular flexibility index (Phi) is 8.51. The van der Waals surface area contributed by atoms with Gasteiger partial charge in [-0.3, -0.25) is 14.3 Å². The average Bonchev–Trinajstić information content (AvgIpc) is 3.23. The molecule has 3 rings (SSSR count). The van der Waals surface area contributed by atoms with E-state index in [0.29, 0.717) is 0 Å². The molecule has 0 bridgehead atoms. The maximum Gasteiger partial charge on any atom is 0.490 e. The second kappa shape index (κ2) is 10.5. The van der Waals surface area contributed by atoms with Crippen LogP contribution in [0.3, 0.4) is 0 Å². The number of nitrogen functional groups attached to an aromatic ring is 1. The lowest BCUT2D eigenvalue weighted by Crippen LogP contribution is -2.41. The lowest BCUT2D eigenvalue weighted by atomic mass is 9.87. The predicted octanol–water partition coefficient (Wildman–Crippen LogP) is 0.545. The van der Waals surface area contributed by atoms with Gasteiger partial charge < -0.3 is 39.7 Å². The number of aromatic nitrogens is 3. The lowest BCUT2D eigenvalue weighted by Gasteiger charge is -2.29. The van der Waals surface area contributed by atoms with Gasteiger partial charge >= 0.3 is 23.5 Å². The number of alkyl halides is 1. The molecule has 3 heterocycles. The van der Waals surface area contributed by atoms with Crippen molar-refractivity contribution in [2.75, 3.05) is 12.3 Å². The zero-order valence-corrected chi connectivity index (χ0v) is 22.3. The number of aliphatic hydroxyl groups excluding tert-OH is 1. The average molecular weight is 607 g/mol. The number of H-pyrrole nitrogens is 1. The first-order valence-electron chi connectivity index (χ1n) is 10.0. The van der Waals surface area contributed by atoms with Gasteiger partial charge in [0.15, 0.2) is 16.7 Å². The fraction of sp³-hybridized carbons (Fsp3) is 0.500. The van der Waals surface area contributed by atoms with Crippen molar-refractivity contribution in [1.82, 2.24) is 14.5 Å². The highest BCUT2D eigenvalue weighted by Gasteiger charge is 2.58. The zero-order chi connectivity index (χ0) is 28.0. The number of aromatic amines is 1. The molecule has 1 saturated heterocycles. The summed E-state index contributed by atoms with van der Waals surface area (Å²) in [7, 11) is -16.9. The molecule has 21 heteroatoms. The zero-order valence-electron chi connectivity index (χ0n) is 18.9. The second-order valence-corrected chi connectivity index (χ2v) is 12.7. The Labute approximate surface area is 212 Å². The van der Waals surface area contributed by atoms with Crippen LogP contribution in [0.1, 0.15) is 20.1 Å². The summed E-state index contributed by atoms with van der Waals surface area (Å²) >= 11 is 6.83. The van der Waals surface area contributed by atoms with Crippen molar-refractivity contribution in [3.63, 3.8) is 0 Å². The molecular weight excluding hydrogens is 585 g/mol. The van der Waals surface area contributed by atoms with Crippen molar-refractivity contribution in [2.45, 2.75) is 37.2 Å². The molecule has 17 nitrogen and oxygen atoms in total. The predicted molar refractivity (Wildman–Crippen MR) is 126 cm³/mol. The maximum absolute atomic E-state index is 12.3. The molecule has 4 unspecified atom stereocenters. The van der Waals surface area contributed by atoms with E-state index >= 15 is 0 Å². The first-order chi connectivity index (χ1) is 16.9. The number of ether oxygens (including phenoxy) is 1. The van der Waals surface area contributed by atoms with Crippen LogP contribution in [0.25, 0.3) is 11.0 Å². The van der Waals surface area contributed by atoms with Gasteiger partial charge in [-0.05, 0) is 19.9 Å². The number of fused-ring (bicyclic) bond motifs is 1. The van der Waals surface area contributed by atoms with E-state index in [9.17, 15) is 33.4 Å². The first-order valence-corrected chi connectivity index (χ1v) is 14.9. The van der Waals surface area contributed by atoms with E-state index in [0.717, 1.165) is 0 Å². The van der Waals surface area contributed by atoms with Gasteiger partial charge in [0.05, 0.1) is 24.2 Å². The molecule has 1 fully saturated rings. The largest absolute Gasteiger partial charge is 0.490 e. The number of phosphoric ester groups is 1. The van der Waals surface area contributed by atoms with Crippen LogP contribution in [0.15, 0.2) is 17.1 Å². The molecule has 1 aliphatic rings. The quantitative estimate of drug-likeness (QED) is 0.117. The van der Waals surface area contributed by atoms with E-state index in [1.54, 1.807) is 0 Å². The Morgan fingerprint density at radius 1 is 1.30 bits per heavy atom. The number of nitrogens with zero attached hydrogens (tertiary/aromatic N) is 2. The van der Waals surface area contributed by atoms with Crippen LogP contribution in [-0.4, -0.2) is 62.9 Å². The van der Waals surface area contributed by atoms with Gasteiger partial charge in [0.25, 0.3) is 5.56 Å². The van der Waals surface area contributed by atoms with E-state index in [4.69, 9.17) is 36.4 Å². The molecular formula is C16H22ClN4O13P3. The normalized spacial score (nSPS) is 28.3. The van der Waals surface area contributed by atoms with Crippen LogP contribution < -0.4 is 11.3 Å². The summed E-state index contributed by atoms with van der Waals surface area (Å²) in [5.74, 6) is 3.98. The summed E-state index contributed by atoms with van der Waals surface area (Å²) in [6, 6.07) is 1.40. The lowest BCUT2D eigenvalue weighted by molar-refractivity contribution is -0.0640. The van der Waals surface area contributed by atoms with Gasteiger partial charge in [-0.1, -0.05) is 17.5 Å². The van der Waals surface area contributed by atoms with Crippen LogP contribution in [0.5, 0.6) is 0 Å². The molecule has 2 aromatic heterocycles. The van der Waals surface area contributed by atoms with E-state index in [-0.39, 0.29) is 17.0 Å². The number of nitrogens with one attached hydrogen (secondary N) is 1. The first kappa shape index (κ1) is 29.9.